The standard InChI is InChI=1S/C12H27NO/c1-6-12(4,5)11(14)10(8-13)7-9(2)3/h9-11,14H,6-8,13H2,1-5H3. The zero-order chi connectivity index (χ0) is 11.4. The van der Waals surface area contributed by atoms with E-state index in [1.54, 1.807) is 0 Å². The van der Waals surface area contributed by atoms with Crippen molar-refractivity contribution in [3.63, 3.8) is 0 Å². The number of rotatable bonds is 6. The molecule has 0 radical (unpaired) electrons. The van der Waals surface area contributed by atoms with E-state index in [9.17, 15) is 5.11 Å². The second-order valence-corrected chi connectivity index (χ2v) is 5.41. The highest BCUT2D eigenvalue weighted by molar-refractivity contribution is 4.83. The summed E-state index contributed by atoms with van der Waals surface area (Å²) in [6, 6.07) is 0. The number of nitrogens with two attached hydrogens (primary N) is 1. The van der Waals surface area contributed by atoms with E-state index in [4.69, 9.17) is 5.73 Å². The Morgan fingerprint density at radius 2 is 1.79 bits per heavy atom. The largest absolute Gasteiger partial charge is 0.392 e. The molecule has 0 saturated carbocycles. The number of hydrogen-bond donors (Lipinski definition) is 2. The lowest BCUT2D eigenvalue weighted by Crippen LogP contribution is -2.39. The summed E-state index contributed by atoms with van der Waals surface area (Å²) in [6.07, 6.45) is 1.73. The van der Waals surface area contributed by atoms with Crippen molar-refractivity contribution in [1.29, 1.82) is 0 Å². The van der Waals surface area contributed by atoms with Crippen LogP contribution in [0.25, 0.3) is 0 Å². The Bertz CT molecular complexity index is 154. The fraction of sp³-hybridized carbons (Fsp3) is 1.00. The molecule has 0 aliphatic rings. The van der Waals surface area contributed by atoms with Gasteiger partial charge in [-0.3, -0.25) is 0 Å². The molecule has 0 amide bonds. The monoisotopic (exact) mass is 201 g/mol. The van der Waals surface area contributed by atoms with Crippen LogP contribution in [0.1, 0.15) is 47.5 Å². The fourth-order valence-electron chi connectivity index (χ4n) is 1.81. The first kappa shape index (κ1) is 13.9. The van der Waals surface area contributed by atoms with E-state index in [1.807, 2.05) is 0 Å². The Morgan fingerprint density at radius 3 is 2.07 bits per heavy atom. The van der Waals surface area contributed by atoms with Crippen LogP contribution in [0.2, 0.25) is 0 Å². The molecule has 0 aliphatic heterocycles. The van der Waals surface area contributed by atoms with E-state index >= 15 is 0 Å². The van der Waals surface area contributed by atoms with Crippen molar-refractivity contribution < 1.29 is 5.11 Å². The average Bonchev–Trinajstić information content (AvgIpc) is 2.12. The maximum Gasteiger partial charge on any atom is 0.0631 e. The van der Waals surface area contributed by atoms with Crippen molar-refractivity contribution in [2.24, 2.45) is 23.0 Å². The summed E-state index contributed by atoms with van der Waals surface area (Å²) in [6.45, 7) is 11.3. The molecule has 0 aromatic rings. The molecule has 0 aliphatic carbocycles. The first-order valence-corrected chi connectivity index (χ1v) is 5.73. The summed E-state index contributed by atoms with van der Waals surface area (Å²) in [4.78, 5) is 0. The van der Waals surface area contributed by atoms with Crippen LogP contribution in [0.5, 0.6) is 0 Å². The highest BCUT2D eigenvalue weighted by Crippen LogP contribution is 2.31. The van der Waals surface area contributed by atoms with Gasteiger partial charge in [-0.05, 0) is 36.6 Å². The van der Waals surface area contributed by atoms with Crippen LogP contribution in [-0.2, 0) is 0 Å². The van der Waals surface area contributed by atoms with Gasteiger partial charge >= 0.3 is 0 Å². The molecule has 0 fully saturated rings. The van der Waals surface area contributed by atoms with E-state index in [0.717, 1.165) is 12.8 Å². The van der Waals surface area contributed by atoms with Gasteiger partial charge in [0.05, 0.1) is 6.10 Å². The van der Waals surface area contributed by atoms with E-state index in [1.165, 1.54) is 0 Å². The molecular weight excluding hydrogens is 174 g/mol. The van der Waals surface area contributed by atoms with Crippen molar-refractivity contribution in [2.75, 3.05) is 6.54 Å². The van der Waals surface area contributed by atoms with E-state index in [0.29, 0.717) is 12.5 Å². The zero-order valence-electron chi connectivity index (χ0n) is 10.4. The highest BCUT2D eigenvalue weighted by Gasteiger charge is 2.32. The Hall–Kier alpha value is -0.0800. The molecule has 2 unspecified atom stereocenters. The molecule has 0 bridgehead atoms. The molecule has 0 spiro atoms. The molecule has 0 aromatic carbocycles. The third-order valence-electron chi connectivity index (χ3n) is 3.24. The summed E-state index contributed by atoms with van der Waals surface area (Å²) in [7, 11) is 0. The lowest BCUT2D eigenvalue weighted by Gasteiger charge is -2.35. The minimum atomic E-state index is -0.278. The van der Waals surface area contributed by atoms with Crippen LogP contribution in [-0.4, -0.2) is 17.8 Å². The van der Waals surface area contributed by atoms with Crippen molar-refractivity contribution in [1.82, 2.24) is 0 Å². The Balaban J connectivity index is 4.37. The molecule has 0 heterocycles. The molecule has 0 rings (SSSR count). The number of hydrogen-bond acceptors (Lipinski definition) is 2. The lowest BCUT2D eigenvalue weighted by molar-refractivity contribution is -0.00484. The van der Waals surface area contributed by atoms with Gasteiger partial charge in [-0.15, -0.1) is 0 Å². The van der Waals surface area contributed by atoms with Crippen molar-refractivity contribution in [3.05, 3.63) is 0 Å². The minimum absolute atomic E-state index is 0.0150. The van der Waals surface area contributed by atoms with Crippen molar-refractivity contribution in [3.8, 4) is 0 Å². The number of aliphatic hydroxyl groups excluding tert-OH is 1. The van der Waals surface area contributed by atoms with Crippen LogP contribution >= 0.6 is 0 Å². The minimum Gasteiger partial charge on any atom is -0.392 e. The quantitative estimate of drug-likeness (QED) is 0.693. The first-order valence-electron chi connectivity index (χ1n) is 5.73. The molecule has 14 heavy (non-hydrogen) atoms. The fourth-order valence-corrected chi connectivity index (χ4v) is 1.81. The van der Waals surface area contributed by atoms with E-state index in [2.05, 4.69) is 34.6 Å². The third kappa shape index (κ3) is 3.97. The highest BCUT2D eigenvalue weighted by atomic mass is 16.3. The molecule has 3 N–H and O–H groups in total. The predicted molar refractivity (Wildman–Crippen MR) is 62.1 cm³/mol. The van der Waals surface area contributed by atoms with Crippen molar-refractivity contribution >= 4 is 0 Å². The Labute approximate surface area is 88.9 Å². The Kier molecular flexibility index (Phi) is 5.68. The van der Waals surface area contributed by atoms with Gasteiger partial charge in [0.25, 0.3) is 0 Å². The topological polar surface area (TPSA) is 46.2 Å². The van der Waals surface area contributed by atoms with Gasteiger partial charge in [0.2, 0.25) is 0 Å². The second-order valence-electron chi connectivity index (χ2n) is 5.41. The van der Waals surface area contributed by atoms with Gasteiger partial charge < -0.3 is 10.8 Å². The smallest absolute Gasteiger partial charge is 0.0631 e. The molecule has 0 saturated heterocycles. The number of aliphatic hydroxyl groups is 1. The zero-order valence-corrected chi connectivity index (χ0v) is 10.4. The predicted octanol–water partition coefficient (Wildman–Crippen LogP) is 2.40. The van der Waals surface area contributed by atoms with Gasteiger partial charge in [-0.2, -0.15) is 0 Å². The maximum atomic E-state index is 10.2. The van der Waals surface area contributed by atoms with Gasteiger partial charge in [0, 0.05) is 0 Å². The van der Waals surface area contributed by atoms with Gasteiger partial charge in [-0.25, -0.2) is 0 Å². The molecule has 2 atom stereocenters. The SMILES string of the molecule is CCC(C)(C)C(O)C(CN)CC(C)C. The van der Waals surface area contributed by atoms with Crippen LogP contribution < -0.4 is 5.73 Å². The lowest BCUT2D eigenvalue weighted by atomic mass is 9.75. The van der Waals surface area contributed by atoms with E-state index in [-0.39, 0.29) is 17.4 Å². The summed E-state index contributed by atoms with van der Waals surface area (Å²) in [5.41, 5.74) is 5.70. The van der Waals surface area contributed by atoms with Crippen LogP contribution in [0.3, 0.4) is 0 Å². The molecule has 2 nitrogen and oxygen atoms in total. The average molecular weight is 201 g/mol. The summed E-state index contributed by atoms with van der Waals surface area (Å²) < 4.78 is 0. The summed E-state index contributed by atoms with van der Waals surface area (Å²) >= 11 is 0. The van der Waals surface area contributed by atoms with Crippen LogP contribution in [0.4, 0.5) is 0 Å². The third-order valence-corrected chi connectivity index (χ3v) is 3.24. The van der Waals surface area contributed by atoms with Crippen LogP contribution in [0, 0.1) is 17.3 Å². The van der Waals surface area contributed by atoms with Crippen LogP contribution in [0.15, 0.2) is 0 Å². The van der Waals surface area contributed by atoms with Gasteiger partial charge in [-0.1, -0.05) is 34.6 Å². The molecule has 0 aromatic heterocycles. The van der Waals surface area contributed by atoms with Gasteiger partial charge in [0.1, 0.15) is 0 Å². The summed E-state index contributed by atoms with van der Waals surface area (Å²) in [5.74, 6) is 0.843. The van der Waals surface area contributed by atoms with E-state index < -0.39 is 0 Å². The second kappa shape index (κ2) is 5.72. The molecular formula is C12H27NO. The van der Waals surface area contributed by atoms with Crippen molar-refractivity contribution in [2.45, 2.75) is 53.6 Å². The molecule has 2 heteroatoms. The molecule has 86 valence electrons. The maximum absolute atomic E-state index is 10.2. The Morgan fingerprint density at radius 1 is 1.29 bits per heavy atom. The first-order chi connectivity index (χ1) is 6.35. The summed E-state index contributed by atoms with van der Waals surface area (Å²) in [5, 5.41) is 10.2. The normalized spacial score (nSPS) is 17.1. The van der Waals surface area contributed by atoms with Gasteiger partial charge in [0.15, 0.2) is 0 Å².